The van der Waals surface area contributed by atoms with E-state index in [-0.39, 0.29) is 18.6 Å². The number of hydrogen-bond acceptors (Lipinski definition) is 4. The van der Waals surface area contributed by atoms with Gasteiger partial charge in [0.15, 0.2) is 0 Å². The largest absolute Gasteiger partial charge is 0.481 e. The maximum Gasteiger partial charge on any atom is 0.252 e. The van der Waals surface area contributed by atoms with Crippen LogP contribution in [0.1, 0.15) is 29.8 Å². The number of nitrogens with one attached hydrogen (secondary N) is 1. The first-order valence-corrected chi connectivity index (χ1v) is 8.63. The van der Waals surface area contributed by atoms with Gasteiger partial charge in [-0.05, 0) is 44.0 Å². The van der Waals surface area contributed by atoms with Gasteiger partial charge in [0.25, 0.3) is 5.91 Å². The summed E-state index contributed by atoms with van der Waals surface area (Å²) >= 11 is 6.11. The van der Waals surface area contributed by atoms with Crippen LogP contribution in [0.25, 0.3) is 0 Å². The van der Waals surface area contributed by atoms with Gasteiger partial charge in [-0.1, -0.05) is 29.7 Å². The van der Waals surface area contributed by atoms with Crippen LogP contribution in [0.15, 0.2) is 36.5 Å². The molecule has 26 heavy (non-hydrogen) atoms. The van der Waals surface area contributed by atoms with Gasteiger partial charge in [0, 0.05) is 12.7 Å². The van der Waals surface area contributed by atoms with Crippen molar-refractivity contribution in [2.24, 2.45) is 0 Å². The highest BCUT2D eigenvalue weighted by atomic mass is 35.5. The lowest BCUT2D eigenvalue weighted by atomic mass is 10.1. The summed E-state index contributed by atoms with van der Waals surface area (Å²) in [6.45, 7) is 4.50. The Kier molecular flexibility index (Phi) is 7.31. The van der Waals surface area contributed by atoms with Gasteiger partial charge in [0.05, 0.1) is 11.7 Å². The highest BCUT2D eigenvalue weighted by Crippen LogP contribution is 2.23. The molecule has 1 aromatic heterocycles. The third-order valence-electron chi connectivity index (χ3n) is 3.36. The molecule has 1 amide bonds. The van der Waals surface area contributed by atoms with E-state index in [0.29, 0.717) is 29.4 Å². The summed E-state index contributed by atoms with van der Waals surface area (Å²) in [6.07, 6.45) is 7.26. The van der Waals surface area contributed by atoms with Gasteiger partial charge < -0.3 is 14.8 Å². The van der Waals surface area contributed by atoms with Gasteiger partial charge in [0.1, 0.15) is 17.4 Å². The summed E-state index contributed by atoms with van der Waals surface area (Å²) < 4.78 is 10.8. The van der Waals surface area contributed by atoms with E-state index < -0.39 is 0 Å². The molecule has 1 heterocycles. The minimum Gasteiger partial charge on any atom is -0.481 e. The monoisotopic (exact) mass is 372 g/mol. The van der Waals surface area contributed by atoms with E-state index in [0.717, 1.165) is 11.3 Å². The molecule has 0 atom stereocenters. The number of nitrogens with zero attached hydrogens (tertiary/aromatic N) is 1. The zero-order valence-electron chi connectivity index (χ0n) is 14.8. The third kappa shape index (κ3) is 5.98. The van der Waals surface area contributed by atoms with E-state index in [1.807, 2.05) is 38.1 Å². The fourth-order valence-corrected chi connectivity index (χ4v) is 2.37. The molecule has 2 rings (SSSR count). The van der Waals surface area contributed by atoms with Crippen molar-refractivity contribution in [3.63, 3.8) is 0 Å². The predicted octanol–water partition coefficient (Wildman–Crippen LogP) is 3.51. The van der Waals surface area contributed by atoms with Crippen LogP contribution in [-0.2, 0) is 6.42 Å². The number of halogens is 1. The van der Waals surface area contributed by atoms with Crippen molar-refractivity contribution in [2.75, 3.05) is 13.2 Å². The third-order valence-corrected chi connectivity index (χ3v) is 3.63. The van der Waals surface area contributed by atoms with E-state index in [9.17, 15) is 4.79 Å². The first-order valence-electron chi connectivity index (χ1n) is 8.25. The first kappa shape index (κ1) is 19.6. The average molecular weight is 373 g/mol. The van der Waals surface area contributed by atoms with Gasteiger partial charge in [-0.15, -0.1) is 6.42 Å². The molecule has 0 bridgehead atoms. The standard InChI is InChI=1S/C20H21ClN2O3/c1-4-11-25-17-7-5-15(6-8-17)9-10-22-19(24)16-12-18(21)20(23-13-16)26-14(2)3/h1,5-8,12-14H,9-11H2,2-3H3,(H,22,24). The van der Waals surface area contributed by atoms with Crippen molar-refractivity contribution >= 4 is 17.5 Å². The van der Waals surface area contributed by atoms with E-state index in [1.165, 1.54) is 6.20 Å². The van der Waals surface area contributed by atoms with Gasteiger partial charge in [0.2, 0.25) is 5.88 Å². The maximum atomic E-state index is 12.2. The molecule has 0 radical (unpaired) electrons. The number of carbonyl (C=O) groups excluding carboxylic acids is 1. The lowest BCUT2D eigenvalue weighted by molar-refractivity contribution is 0.0953. The van der Waals surface area contributed by atoms with Gasteiger partial charge in [-0.3, -0.25) is 4.79 Å². The molecule has 0 spiro atoms. The van der Waals surface area contributed by atoms with Gasteiger partial charge >= 0.3 is 0 Å². The number of ether oxygens (including phenoxy) is 2. The molecule has 136 valence electrons. The SMILES string of the molecule is C#CCOc1ccc(CCNC(=O)c2cnc(OC(C)C)c(Cl)c2)cc1. The Morgan fingerprint density at radius 1 is 1.35 bits per heavy atom. The van der Waals surface area contributed by atoms with Crippen LogP contribution < -0.4 is 14.8 Å². The highest BCUT2D eigenvalue weighted by Gasteiger charge is 2.11. The number of amides is 1. The summed E-state index contributed by atoms with van der Waals surface area (Å²) in [7, 11) is 0. The lowest BCUT2D eigenvalue weighted by Gasteiger charge is -2.11. The van der Waals surface area contributed by atoms with Crippen LogP contribution in [0.3, 0.4) is 0 Å². The maximum absolute atomic E-state index is 12.2. The van der Waals surface area contributed by atoms with Crippen LogP contribution in [0, 0.1) is 12.3 Å². The Balaban J connectivity index is 1.85. The van der Waals surface area contributed by atoms with E-state index in [4.69, 9.17) is 27.5 Å². The number of aromatic nitrogens is 1. The van der Waals surface area contributed by atoms with Crippen LogP contribution in [-0.4, -0.2) is 30.1 Å². The molecule has 0 aliphatic carbocycles. The number of hydrogen-bond donors (Lipinski definition) is 1. The molecule has 0 saturated heterocycles. The zero-order chi connectivity index (χ0) is 18.9. The number of pyridine rings is 1. The lowest BCUT2D eigenvalue weighted by Crippen LogP contribution is -2.25. The molecule has 2 aromatic rings. The Morgan fingerprint density at radius 2 is 2.08 bits per heavy atom. The predicted molar refractivity (Wildman–Crippen MR) is 102 cm³/mol. The van der Waals surface area contributed by atoms with Crippen molar-refractivity contribution in [1.29, 1.82) is 0 Å². The molecule has 0 saturated carbocycles. The number of rotatable bonds is 8. The van der Waals surface area contributed by atoms with Crippen LogP contribution in [0.5, 0.6) is 11.6 Å². The van der Waals surface area contributed by atoms with Crippen LogP contribution in [0.2, 0.25) is 5.02 Å². The normalized spacial score (nSPS) is 10.3. The summed E-state index contributed by atoms with van der Waals surface area (Å²) in [5.74, 6) is 3.23. The molecule has 0 fully saturated rings. The molecular formula is C20H21ClN2O3. The first-order chi connectivity index (χ1) is 12.5. The fourth-order valence-electron chi connectivity index (χ4n) is 2.16. The molecule has 5 nitrogen and oxygen atoms in total. The molecular weight excluding hydrogens is 352 g/mol. The fraction of sp³-hybridized carbons (Fsp3) is 0.300. The number of terminal acetylenes is 1. The van der Waals surface area contributed by atoms with Crippen LogP contribution in [0.4, 0.5) is 0 Å². The van der Waals surface area contributed by atoms with E-state index in [1.54, 1.807) is 6.07 Å². The van der Waals surface area contributed by atoms with Crippen molar-refractivity contribution in [1.82, 2.24) is 10.3 Å². The smallest absolute Gasteiger partial charge is 0.252 e. The second kappa shape index (κ2) is 9.69. The van der Waals surface area contributed by atoms with Crippen LogP contribution >= 0.6 is 11.6 Å². The number of benzene rings is 1. The van der Waals surface area contributed by atoms with Crippen molar-refractivity contribution < 1.29 is 14.3 Å². The quantitative estimate of drug-likeness (QED) is 0.720. The summed E-state index contributed by atoms with van der Waals surface area (Å²) in [6, 6.07) is 9.14. The average Bonchev–Trinajstić information content (AvgIpc) is 2.62. The molecule has 0 unspecified atom stereocenters. The summed E-state index contributed by atoms with van der Waals surface area (Å²) in [5.41, 5.74) is 1.47. The Morgan fingerprint density at radius 3 is 2.69 bits per heavy atom. The Labute approximate surface area is 158 Å². The van der Waals surface area contributed by atoms with Gasteiger partial charge in [-0.2, -0.15) is 0 Å². The molecule has 1 aromatic carbocycles. The zero-order valence-corrected chi connectivity index (χ0v) is 15.5. The van der Waals surface area contributed by atoms with Crippen molar-refractivity contribution in [3.05, 3.63) is 52.7 Å². The minimum atomic E-state index is -0.232. The van der Waals surface area contributed by atoms with Crippen molar-refractivity contribution in [2.45, 2.75) is 26.4 Å². The second-order valence-corrected chi connectivity index (χ2v) is 6.23. The Bertz CT molecular complexity index is 783. The van der Waals surface area contributed by atoms with Gasteiger partial charge in [-0.25, -0.2) is 4.98 Å². The topological polar surface area (TPSA) is 60.5 Å². The molecule has 6 heteroatoms. The molecule has 0 aliphatic rings. The van der Waals surface area contributed by atoms with E-state index >= 15 is 0 Å². The molecule has 1 N–H and O–H groups in total. The number of carbonyl (C=O) groups is 1. The van der Waals surface area contributed by atoms with E-state index in [2.05, 4.69) is 16.2 Å². The van der Waals surface area contributed by atoms with Crippen molar-refractivity contribution in [3.8, 4) is 24.0 Å². The highest BCUT2D eigenvalue weighted by molar-refractivity contribution is 6.32. The minimum absolute atomic E-state index is 0.0389. The molecule has 0 aliphatic heterocycles. The summed E-state index contributed by atoms with van der Waals surface area (Å²) in [5, 5.41) is 3.16. The second-order valence-electron chi connectivity index (χ2n) is 5.82. The summed E-state index contributed by atoms with van der Waals surface area (Å²) in [4.78, 5) is 16.3. The Hall–Kier alpha value is -2.71.